The Hall–Kier alpha value is -2.07. The van der Waals surface area contributed by atoms with E-state index in [4.69, 9.17) is 12.2 Å². The standard InChI is InChI=1S/C21H29N3S/c1-5-24(6-2)20-11-9-19(10-12-20)23-21(25)22-14-13-18-8-7-16(3)15-17(18)4/h7-12,15H,5-6,13-14H2,1-4H3,(H2,22,23,25). The van der Waals surface area contributed by atoms with Crippen LogP contribution >= 0.6 is 12.2 Å². The highest BCUT2D eigenvalue weighted by atomic mass is 32.1. The molecule has 0 radical (unpaired) electrons. The summed E-state index contributed by atoms with van der Waals surface area (Å²) in [6.07, 6.45) is 0.967. The van der Waals surface area contributed by atoms with Gasteiger partial charge in [-0.1, -0.05) is 23.8 Å². The molecule has 3 nitrogen and oxygen atoms in total. The summed E-state index contributed by atoms with van der Waals surface area (Å²) in [5.41, 5.74) is 6.26. The van der Waals surface area contributed by atoms with Gasteiger partial charge in [-0.25, -0.2) is 0 Å². The number of hydrogen-bond donors (Lipinski definition) is 2. The van der Waals surface area contributed by atoms with Crippen LogP contribution in [0.25, 0.3) is 0 Å². The Morgan fingerprint density at radius 3 is 2.28 bits per heavy atom. The number of nitrogens with zero attached hydrogens (tertiary/aromatic N) is 1. The second-order valence-corrected chi connectivity index (χ2v) is 6.69. The summed E-state index contributed by atoms with van der Waals surface area (Å²) >= 11 is 5.40. The summed E-state index contributed by atoms with van der Waals surface area (Å²) in [5, 5.41) is 7.21. The zero-order chi connectivity index (χ0) is 18.2. The molecule has 2 aromatic rings. The predicted molar refractivity (Wildman–Crippen MR) is 114 cm³/mol. The fourth-order valence-corrected chi connectivity index (χ4v) is 3.18. The summed E-state index contributed by atoms with van der Waals surface area (Å²) in [5.74, 6) is 0. The molecule has 0 unspecified atom stereocenters. The number of thiocarbonyl (C=S) groups is 1. The van der Waals surface area contributed by atoms with Gasteiger partial charge >= 0.3 is 0 Å². The third kappa shape index (κ3) is 5.75. The van der Waals surface area contributed by atoms with Crippen LogP contribution in [0.5, 0.6) is 0 Å². The molecule has 134 valence electrons. The van der Waals surface area contributed by atoms with Crippen molar-refractivity contribution in [2.45, 2.75) is 34.1 Å². The van der Waals surface area contributed by atoms with Crippen LogP contribution in [0.15, 0.2) is 42.5 Å². The number of rotatable bonds is 7. The van der Waals surface area contributed by atoms with E-state index in [1.807, 2.05) is 0 Å². The van der Waals surface area contributed by atoms with E-state index in [1.54, 1.807) is 0 Å². The van der Waals surface area contributed by atoms with Crippen molar-refractivity contribution in [2.24, 2.45) is 0 Å². The molecular weight excluding hydrogens is 326 g/mol. The lowest BCUT2D eigenvalue weighted by molar-refractivity contribution is 0.865. The molecule has 0 aliphatic rings. The van der Waals surface area contributed by atoms with E-state index in [1.165, 1.54) is 22.4 Å². The Bertz CT molecular complexity index is 691. The van der Waals surface area contributed by atoms with Gasteiger partial charge in [-0.15, -0.1) is 0 Å². The van der Waals surface area contributed by atoms with E-state index in [-0.39, 0.29) is 0 Å². The van der Waals surface area contributed by atoms with Gasteiger partial charge in [0.05, 0.1) is 0 Å². The summed E-state index contributed by atoms with van der Waals surface area (Å²) in [7, 11) is 0. The van der Waals surface area contributed by atoms with Gasteiger partial charge in [0.25, 0.3) is 0 Å². The highest BCUT2D eigenvalue weighted by Crippen LogP contribution is 2.17. The summed E-state index contributed by atoms with van der Waals surface area (Å²) in [6, 6.07) is 15.0. The predicted octanol–water partition coefficient (Wildman–Crippen LogP) is 4.68. The van der Waals surface area contributed by atoms with E-state index in [0.29, 0.717) is 5.11 Å². The quantitative estimate of drug-likeness (QED) is 0.705. The number of nitrogens with one attached hydrogen (secondary N) is 2. The van der Waals surface area contributed by atoms with Gasteiger partial charge in [-0.2, -0.15) is 0 Å². The first kappa shape index (κ1) is 19.3. The second-order valence-electron chi connectivity index (χ2n) is 6.28. The zero-order valence-electron chi connectivity index (χ0n) is 15.7. The molecule has 0 aliphatic heterocycles. The second kappa shape index (κ2) is 9.42. The molecule has 0 atom stereocenters. The molecule has 2 N–H and O–H groups in total. The Balaban J connectivity index is 1.82. The minimum absolute atomic E-state index is 0.667. The van der Waals surface area contributed by atoms with Crippen molar-refractivity contribution in [1.82, 2.24) is 5.32 Å². The molecule has 0 spiro atoms. The van der Waals surface area contributed by atoms with Gasteiger partial charge < -0.3 is 15.5 Å². The number of aryl methyl sites for hydroxylation is 2. The number of benzene rings is 2. The maximum atomic E-state index is 5.40. The smallest absolute Gasteiger partial charge is 0.170 e. The number of anilines is 2. The third-order valence-electron chi connectivity index (χ3n) is 4.43. The molecule has 2 rings (SSSR count). The molecule has 25 heavy (non-hydrogen) atoms. The van der Waals surface area contributed by atoms with Crippen LogP contribution in [0.1, 0.15) is 30.5 Å². The lowest BCUT2D eigenvalue weighted by Crippen LogP contribution is -2.30. The van der Waals surface area contributed by atoms with Crippen molar-refractivity contribution in [3.05, 3.63) is 59.2 Å². The summed E-state index contributed by atoms with van der Waals surface area (Å²) in [6.45, 7) is 11.5. The molecule has 0 bridgehead atoms. The van der Waals surface area contributed by atoms with Crippen molar-refractivity contribution in [3.63, 3.8) is 0 Å². The molecule has 0 saturated heterocycles. The average molecular weight is 356 g/mol. The van der Waals surface area contributed by atoms with Crippen LogP contribution < -0.4 is 15.5 Å². The molecule has 0 aliphatic carbocycles. The van der Waals surface area contributed by atoms with Crippen LogP contribution in [-0.4, -0.2) is 24.7 Å². The SMILES string of the molecule is CCN(CC)c1ccc(NC(=S)NCCc2ccc(C)cc2C)cc1. The van der Waals surface area contributed by atoms with Gasteiger partial charge in [-0.3, -0.25) is 0 Å². The van der Waals surface area contributed by atoms with Crippen LogP contribution in [0, 0.1) is 13.8 Å². The first-order valence-electron chi connectivity index (χ1n) is 8.99. The Kier molecular flexibility index (Phi) is 7.26. The van der Waals surface area contributed by atoms with Gasteiger partial charge in [0.2, 0.25) is 0 Å². The molecule has 2 aromatic carbocycles. The summed E-state index contributed by atoms with van der Waals surface area (Å²) in [4.78, 5) is 2.32. The minimum atomic E-state index is 0.667. The molecule has 0 aromatic heterocycles. The van der Waals surface area contributed by atoms with Gasteiger partial charge in [0.15, 0.2) is 5.11 Å². The third-order valence-corrected chi connectivity index (χ3v) is 4.68. The number of hydrogen-bond acceptors (Lipinski definition) is 2. The average Bonchev–Trinajstić information content (AvgIpc) is 2.59. The Morgan fingerprint density at radius 2 is 1.68 bits per heavy atom. The fraction of sp³-hybridized carbons (Fsp3) is 0.381. The van der Waals surface area contributed by atoms with E-state index in [2.05, 4.69) is 85.7 Å². The molecule has 0 amide bonds. The van der Waals surface area contributed by atoms with Gasteiger partial charge in [0.1, 0.15) is 0 Å². The van der Waals surface area contributed by atoms with Crippen molar-refractivity contribution >= 4 is 28.7 Å². The highest BCUT2D eigenvalue weighted by Gasteiger charge is 2.03. The van der Waals surface area contributed by atoms with Gasteiger partial charge in [-0.05, 0) is 81.7 Å². The van der Waals surface area contributed by atoms with E-state index < -0.39 is 0 Å². The summed E-state index contributed by atoms with van der Waals surface area (Å²) < 4.78 is 0. The Labute approximate surface area is 157 Å². The molecule has 0 fully saturated rings. The first-order valence-corrected chi connectivity index (χ1v) is 9.40. The largest absolute Gasteiger partial charge is 0.372 e. The van der Waals surface area contributed by atoms with E-state index in [9.17, 15) is 0 Å². The van der Waals surface area contributed by atoms with Crippen molar-refractivity contribution < 1.29 is 0 Å². The Morgan fingerprint density at radius 1 is 1.00 bits per heavy atom. The van der Waals surface area contributed by atoms with Crippen LogP contribution in [0.2, 0.25) is 0 Å². The van der Waals surface area contributed by atoms with E-state index in [0.717, 1.165) is 31.7 Å². The molecule has 0 heterocycles. The van der Waals surface area contributed by atoms with Crippen LogP contribution in [0.3, 0.4) is 0 Å². The van der Waals surface area contributed by atoms with Crippen molar-refractivity contribution in [2.75, 3.05) is 29.9 Å². The minimum Gasteiger partial charge on any atom is -0.372 e. The maximum absolute atomic E-state index is 5.40. The van der Waals surface area contributed by atoms with Crippen LogP contribution in [-0.2, 0) is 6.42 Å². The molecular formula is C21H29N3S. The highest BCUT2D eigenvalue weighted by molar-refractivity contribution is 7.80. The molecule has 4 heteroatoms. The lowest BCUT2D eigenvalue weighted by Gasteiger charge is -2.21. The zero-order valence-corrected chi connectivity index (χ0v) is 16.5. The van der Waals surface area contributed by atoms with Crippen LogP contribution in [0.4, 0.5) is 11.4 Å². The maximum Gasteiger partial charge on any atom is 0.170 e. The normalized spacial score (nSPS) is 10.4. The van der Waals surface area contributed by atoms with E-state index >= 15 is 0 Å². The topological polar surface area (TPSA) is 27.3 Å². The van der Waals surface area contributed by atoms with Crippen molar-refractivity contribution in [3.8, 4) is 0 Å². The van der Waals surface area contributed by atoms with Gasteiger partial charge in [0, 0.05) is 31.0 Å². The fourth-order valence-electron chi connectivity index (χ4n) is 2.96. The van der Waals surface area contributed by atoms with Crippen molar-refractivity contribution in [1.29, 1.82) is 0 Å². The molecule has 0 saturated carbocycles. The monoisotopic (exact) mass is 355 g/mol. The first-order chi connectivity index (χ1) is 12.0. The lowest BCUT2D eigenvalue weighted by atomic mass is 10.0.